The van der Waals surface area contributed by atoms with Crippen molar-refractivity contribution in [2.45, 2.75) is 23.7 Å². The van der Waals surface area contributed by atoms with Crippen LogP contribution >= 0.6 is 0 Å². The average molecular weight is 494 g/mol. The summed E-state index contributed by atoms with van der Waals surface area (Å²) in [6.07, 6.45) is -1.05. The van der Waals surface area contributed by atoms with E-state index in [1.165, 1.54) is 36.4 Å². The Morgan fingerprint density at radius 3 is 1.09 bits per heavy atom. The Balaban J connectivity index is 2.41. The Kier molecular flexibility index (Phi) is 7.24. The molecule has 0 unspecified atom stereocenters. The monoisotopic (exact) mass is 494 g/mol. The van der Waals surface area contributed by atoms with E-state index in [1.807, 2.05) is 0 Å². The van der Waals surface area contributed by atoms with Gasteiger partial charge in [-0.1, -0.05) is 60.7 Å². The lowest BCUT2D eigenvalue weighted by Gasteiger charge is -2.34. The standard InChI is InChI=1S/C22H14F8O4/c23-19(24,17(33)11-15(31)13-7-3-1-4-8-13)21(27,28)22(29,30)20(25,26)18(34)12-16(32)14-9-5-2-6-10-14/h1-12,31-32H/b15-11-,16-12-. The van der Waals surface area contributed by atoms with Crippen molar-refractivity contribution in [2.75, 3.05) is 0 Å². The summed E-state index contributed by atoms with van der Waals surface area (Å²) in [5.74, 6) is -36.1. The molecule has 2 aromatic rings. The SMILES string of the molecule is O=C(/C=C(\O)c1ccccc1)C(F)(F)C(F)(F)C(F)(F)C(F)(F)C(=O)/C=C(\O)c1ccccc1. The molecule has 4 nitrogen and oxygen atoms in total. The van der Waals surface area contributed by atoms with Gasteiger partial charge in [0.1, 0.15) is 11.5 Å². The molecular weight excluding hydrogens is 480 g/mol. The summed E-state index contributed by atoms with van der Waals surface area (Å²) in [5, 5.41) is 19.2. The summed E-state index contributed by atoms with van der Waals surface area (Å²) in [6, 6.07) is 11.9. The number of ketones is 2. The Hall–Kier alpha value is -3.70. The number of rotatable bonds is 9. The zero-order valence-electron chi connectivity index (χ0n) is 16.7. The molecule has 2 aromatic carbocycles. The molecule has 0 aliphatic heterocycles. The van der Waals surface area contributed by atoms with Crippen molar-refractivity contribution < 1.29 is 54.9 Å². The van der Waals surface area contributed by atoms with Gasteiger partial charge in [-0.3, -0.25) is 9.59 Å². The molecule has 12 heteroatoms. The molecule has 0 saturated heterocycles. The number of hydrogen-bond acceptors (Lipinski definition) is 4. The fraction of sp³-hybridized carbons (Fsp3) is 0.182. The fourth-order valence-electron chi connectivity index (χ4n) is 2.52. The summed E-state index contributed by atoms with van der Waals surface area (Å²) in [4.78, 5) is 23.2. The van der Waals surface area contributed by atoms with Crippen LogP contribution in [0.5, 0.6) is 0 Å². The summed E-state index contributed by atoms with van der Waals surface area (Å²) < 4.78 is 112. The minimum atomic E-state index is -7.10. The Morgan fingerprint density at radius 1 is 0.559 bits per heavy atom. The molecule has 0 atom stereocenters. The molecule has 34 heavy (non-hydrogen) atoms. The van der Waals surface area contributed by atoms with Crippen molar-refractivity contribution in [1.29, 1.82) is 0 Å². The highest BCUT2D eigenvalue weighted by atomic mass is 19.4. The van der Waals surface area contributed by atoms with Gasteiger partial charge >= 0.3 is 23.7 Å². The third kappa shape index (κ3) is 4.66. The van der Waals surface area contributed by atoms with E-state index in [2.05, 4.69) is 0 Å². The second kappa shape index (κ2) is 9.27. The molecule has 0 fully saturated rings. The summed E-state index contributed by atoms with van der Waals surface area (Å²) in [5.41, 5.74) is -0.687. The van der Waals surface area contributed by atoms with Crippen LogP contribution < -0.4 is 0 Å². The maximum atomic E-state index is 14.1. The molecular formula is C22H14F8O4. The maximum absolute atomic E-state index is 14.1. The second-order valence-electron chi connectivity index (χ2n) is 6.82. The maximum Gasteiger partial charge on any atom is 0.386 e. The molecule has 0 radical (unpaired) electrons. The van der Waals surface area contributed by atoms with Crippen molar-refractivity contribution in [1.82, 2.24) is 0 Å². The van der Waals surface area contributed by atoms with Crippen molar-refractivity contribution in [3.63, 3.8) is 0 Å². The largest absolute Gasteiger partial charge is 0.507 e. The third-order valence-corrected chi connectivity index (χ3v) is 4.48. The van der Waals surface area contributed by atoms with Gasteiger partial charge in [0, 0.05) is 23.3 Å². The average Bonchev–Trinajstić information content (AvgIpc) is 2.79. The summed E-state index contributed by atoms with van der Waals surface area (Å²) >= 11 is 0. The lowest BCUT2D eigenvalue weighted by atomic mass is 9.92. The molecule has 2 N–H and O–H groups in total. The molecule has 0 amide bonds. The minimum Gasteiger partial charge on any atom is -0.507 e. The highest BCUT2D eigenvalue weighted by Crippen LogP contribution is 2.53. The van der Waals surface area contributed by atoms with Gasteiger partial charge in [-0.25, -0.2) is 0 Å². The molecule has 0 aliphatic rings. The van der Waals surface area contributed by atoms with Gasteiger partial charge in [-0.05, 0) is 0 Å². The van der Waals surface area contributed by atoms with Crippen LogP contribution in [0.4, 0.5) is 35.1 Å². The Morgan fingerprint density at radius 2 is 0.824 bits per heavy atom. The number of aliphatic hydroxyl groups is 2. The van der Waals surface area contributed by atoms with E-state index >= 15 is 0 Å². The van der Waals surface area contributed by atoms with Crippen molar-refractivity contribution >= 4 is 23.1 Å². The molecule has 2 rings (SSSR count). The number of carbonyl (C=O) groups excluding carboxylic acids is 2. The van der Waals surface area contributed by atoms with Crippen molar-refractivity contribution in [3.8, 4) is 0 Å². The first kappa shape index (κ1) is 26.6. The number of alkyl halides is 8. The van der Waals surface area contributed by atoms with Gasteiger partial charge in [0.15, 0.2) is 0 Å². The highest BCUT2D eigenvalue weighted by molar-refractivity contribution is 6.03. The molecule has 0 spiro atoms. The topological polar surface area (TPSA) is 74.6 Å². The summed E-state index contributed by atoms with van der Waals surface area (Å²) in [6.45, 7) is 0. The number of allylic oxidation sites excluding steroid dienone is 2. The zero-order chi connectivity index (χ0) is 25.9. The van der Waals surface area contributed by atoms with Gasteiger partial charge in [0.05, 0.1) is 0 Å². The first-order chi connectivity index (χ1) is 15.6. The third-order valence-electron chi connectivity index (χ3n) is 4.48. The molecule has 0 aliphatic carbocycles. The van der Waals surface area contributed by atoms with Crippen LogP contribution in [0.2, 0.25) is 0 Å². The molecule has 0 aromatic heterocycles. The van der Waals surface area contributed by atoms with Gasteiger partial charge < -0.3 is 10.2 Å². The van der Waals surface area contributed by atoms with Gasteiger partial charge in [0.2, 0.25) is 11.6 Å². The number of halogens is 8. The van der Waals surface area contributed by atoms with Crippen LogP contribution in [-0.4, -0.2) is 45.5 Å². The zero-order valence-corrected chi connectivity index (χ0v) is 16.7. The first-order valence-corrected chi connectivity index (χ1v) is 9.09. The molecule has 0 heterocycles. The minimum absolute atomic E-state index is 0.344. The highest BCUT2D eigenvalue weighted by Gasteiger charge is 2.83. The van der Waals surface area contributed by atoms with Crippen molar-refractivity contribution in [2.24, 2.45) is 0 Å². The number of hydrogen-bond donors (Lipinski definition) is 2. The van der Waals surface area contributed by atoms with E-state index in [0.717, 1.165) is 24.3 Å². The quantitative estimate of drug-likeness (QED) is 0.260. The normalized spacial score (nSPS) is 14.1. The Bertz CT molecular complexity index is 1020. The molecule has 0 saturated carbocycles. The van der Waals surface area contributed by atoms with Crippen LogP contribution in [0.25, 0.3) is 11.5 Å². The predicted octanol–water partition coefficient (Wildman–Crippen LogP) is 5.86. The molecule has 0 bridgehead atoms. The van der Waals surface area contributed by atoms with Crippen LogP contribution in [0.1, 0.15) is 11.1 Å². The van der Waals surface area contributed by atoms with Gasteiger partial charge in [-0.15, -0.1) is 0 Å². The lowest BCUT2D eigenvalue weighted by molar-refractivity contribution is -0.345. The Labute approximate surface area is 186 Å². The number of benzene rings is 2. The molecule has 182 valence electrons. The van der Waals surface area contributed by atoms with Crippen LogP contribution in [0, 0.1) is 0 Å². The summed E-state index contributed by atoms with van der Waals surface area (Å²) in [7, 11) is 0. The smallest absolute Gasteiger partial charge is 0.386 e. The second-order valence-corrected chi connectivity index (χ2v) is 6.82. The van der Waals surface area contributed by atoms with Crippen LogP contribution in [0.3, 0.4) is 0 Å². The first-order valence-electron chi connectivity index (χ1n) is 9.09. The van der Waals surface area contributed by atoms with E-state index in [4.69, 9.17) is 0 Å². The van der Waals surface area contributed by atoms with Crippen molar-refractivity contribution in [3.05, 3.63) is 83.9 Å². The number of carbonyl (C=O) groups is 2. The van der Waals surface area contributed by atoms with E-state index in [9.17, 15) is 54.9 Å². The van der Waals surface area contributed by atoms with E-state index < -0.39 is 58.9 Å². The lowest BCUT2D eigenvalue weighted by Crippen LogP contribution is -2.66. The predicted molar refractivity (Wildman–Crippen MR) is 104 cm³/mol. The van der Waals surface area contributed by atoms with E-state index in [-0.39, 0.29) is 11.1 Å². The van der Waals surface area contributed by atoms with E-state index in [0.29, 0.717) is 0 Å². The fourth-order valence-corrected chi connectivity index (χ4v) is 2.52. The van der Waals surface area contributed by atoms with E-state index in [1.54, 1.807) is 0 Å². The van der Waals surface area contributed by atoms with Crippen LogP contribution in [-0.2, 0) is 9.59 Å². The van der Waals surface area contributed by atoms with Crippen LogP contribution in [0.15, 0.2) is 72.8 Å². The van der Waals surface area contributed by atoms with Gasteiger partial charge in [0.25, 0.3) is 0 Å². The van der Waals surface area contributed by atoms with Gasteiger partial charge in [-0.2, -0.15) is 35.1 Å². The number of aliphatic hydroxyl groups excluding tert-OH is 2.